The Morgan fingerprint density at radius 1 is 1.00 bits per heavy atom. The molecule has 3 fully saturated rings. The van der Waals surface area contributed by atoms with E-state index in [0.29, 0.717) is 11.8 Å². The largest absolute Gasteiger partial charge is 0.379 e. The lowest BCUT2D eigenvalue weighted by Gasteiger charge is -2.46. The van der Waals surface area contributed by atoms with Crippen molar-refractivity contribution in [2.45, 2.75) is 63.6 Å². The third kappa shape index (κ3) is 3.62. The molecule has 5 rings (SSSR count). The summed E-state index contributed by atoms with van der Waals surface area (Å²) in [6.45, 7) is 7.48. The molecule has 1 aromatic heterocycles. The van der Waals surface area contributed by atoms with Crippen LogP contribution in [0.3, 0.4) is 0 Å². The molecule has 0 aromatic carbocycles. The molecule has 2 atom stereocenters. The van der Waals surface area contributed by atoms with E-state index in [1.165, 1.54) is 50.8 Å². The van der Waals surface area contributed by atoms with Gasteiger partial charge < -0.3 is 9.30 Å². The Morgan fingerprint density at radius 3 is 2.63 bits per heavy atom. The Balaban J connectivity index is 1.35. The highest BCUT2D eigenvalue weighted by Crippen LogP contribution is 2.37. The zero-order chi connectivity index (χ0) is 18.2. The summed E-state index contributed by atoms with van der Waals surface area (Å²) in [5, 5.41) is 0. The van der Waals surface area contributed by atoms with E-state index in [1.54, 1.807) is 0 Å². The van der Waals surface area contributed by atoms with Crippen molar-refractivity contribution in [3.63, 3.8) is 0 Å². The number of hydrogen-bond acceptors (Lipinski definition) is 4. The molecule has 27 heavy (non-hydrogen) atoms. The van der Waals surface area contributed by atoms with Crippen LogP contribution in [0.25, 0.3) is 0 Å². The van der Waals surface area contributed by atoms with E-state index < -0.39 is 0 Å². The Labute approximate surface area is 162 Å². The van der Waals surface area contributed by atoms with Gasteiger partial charge in [0.15, 0.2) is 0 Å². The quantitative estimate of drug-likeness (QED) is 0.818. The molecule has 2 saturated heterocycles. The SMILES string of the molecule is O=c1c(CN2CCOCC2)ccc2n1C[C@H]1C[C@@H]2CN(C2CCCCC2)C1. The molecule has 1 aromatic rings. The number of likely N-dealkylation sites (tertiary alicyclic amines) is 1. The van der Waals surface area contributed by atoms with Crippen LogP contribution in [0.2, 0.25) is 0 Å². The van der Waals surface area contributed by atoms with Gasteiger partial charge in [-0.15, -0.1) is 0 Å². The van der Waals surface area contributed by atoms with Gasteiger partial charge in [0.25, 0.3) is 5.56 Å². The molecule has 5 heteroatoms. The van der Waals surface area contributed by atoms with E-state index >= 15 is 0 Å². The van der Waals surface area contributed by atoms with Gasteiger partial charge in [0.05, 0.1) is 13.2 Å². The third-order valence-corrected chi connectivity index (χ3v) is 7.30. The van der Waals surface area contributed by atoms with Crippen LogP contribution >= 0.6 is 0 Å². The fourth-order valence-corrected chi connectivity index (χ4v) is 5.89. The van der Waals surface area contributed by atoms with Crippen molar-refractivity contribution < 1.29 is 4.74 Å². The summed E-state index contributed by atoms with van der Waals surface area (Å²) in [7, 11) is 0. The number of hydrogen-bond donors (Lipinski definition) is 0. The van der Waals surface area contributed by atoms with Crippen molar-refractivity contribution in [1.29, 1.82) is 0 Å². The minimum Gasteiger partial charge on any atom is -0.379 e. The van der Waals surface area contributed by atoms with E-state index in [1.807, 2.05) is 0 Å². The standard InChI is InChI=1S/C22H33N3O2/c26-22-18(15-23-8-10-27-11-9-23)6-7-21-19-12-17(14-25(21)22)13-24(16-19)20-4-2-1-3-5-20/h6-7,17,19-20H,1-5,8-16H2/t17-,19+/m0/s1. The lowest BCUT2D eigenvalue weighted by molar-refractivity contribution is 0.0337. The zero-order valence-corrected chi connectivity index (χ0v) is 16.4. The Bertz CT molecular complexity index is 719. The predicted octanol–water partition coefficient (Wildman–Crippen LogP) is 2.43. The van der Waals surface area contributed by atoms with Crippen molar-refractivity contribution in [2.75, 3.05) is 39.4 Å². The number of fused-ring (bicyclic) bond motifs is 4. The van der Waals surface area contributed by atoms with E-state index in [4.69, 9.17) is 4.74 Å². The second-order valence-electron chi connectivity index (χ2n) is 9.13. The fraction of sp³-hybridized carbons (Fsp3) is 0.773. The van der Waals surface area contributed by atoms with Gasteiger partial charge in [0.1, 0.15) is 0 Å². The molecule has 2 bridgehead atoms. The maximum Gasteiger partial charge on any atom is 0.255 e. The van der Waals surface area contributed by atoms with E-state index in [9.17, 15) is 4.79 Å². The molecule has 148 valence electrons. The topological polar surface area (TPSA) is 37.7 Å². The van der Waals surface area contributed by atoms with Crippen LogP contribution in [0, 0.1) is 5.92 Å². The summed E-state index contributed by atoms with van der Waals surface area (Å²) in [6, 6.07) is 5.18. The number of pyridine rings is 1. The third-order valence-electron chi connectivity index (χ3n) is 7.30. The Kier molecular flexibility index (Phi) is 5.09. The average molecular weight is 372 g/mol. The summed E-state index contributed by atoms with van der Waals surface area (Å²) in [5.41, 5.74) is 2.52. The van der Waals surface area contributed by atoms with Gasteiger partial charge in [-0.2, -0.15) is 0 Å². The number of aromatic nitrogens is 1. The lowest BCUT2D eigenvalue weighted by Crippen LogP contribution is -2.51. The molecule has 0 N–H and O–H groups in total. The monoisotopic (exact) mass is 371 g/mol. The fourth-order valence-electron chi connectivity index (χ4n) is 5.89. The highest BCUT2D eigenvalue weighted by Gasteiger charge is 2.37. The van der Waals surface area contributed by atoms with Crippen LogP contribution in [0.5, 0.6) is 0 Å². The summed E-state index contributed by atoms with van der Waals surface area (Å²) >= 11 is 0. The molecule has 4 heterocycles. The zero-order valence-electron chi connectivity index (χ0n) is 16.4. The van der Waals surface area contributed by atoms with Gasteiger partial charge in [-0.1, -0.05) is 25.3 Å². The van der Waals surface area contributed by atoms with Crippen LogP contribution in [0.1, 0.15) is 55.7 Å². The molecule has 0 amide bonds. The van der Waals surface area contributed by atoms with Crippen LogP contribution in [0.15, 0.2) is 16.9 Å². The number of nitrogens with zero attached hydrogens (tertiary/aromatic N) is 3. The van der Waals surface area contributed by atoms with Crippen LogP contribution in [-0.4, -0.2) is 59.8 Å². The van der Waals surface area contributed by atoms with E-state index in [0.717, 1.165) is 57.5 Å². The molecule has 4 aliphatic rings. The normalized spacial score (nSPS) is 30.2. The maximum atomic E-state index is 13.2. The first-order valence-electron chi connectivity index (χ1n) is 11.0. The molecule has 3 aliphatic heterocycles. The van der Waals surface area contributed by atoms with Gasteiger partial charge in [-0.25, -0.2) is 0 Å². The average Bonchev–Trinajstić information content (AvgIpc) is 2.72. The van der Waals surface area contributed by atoms with Gasteiger partial charge in [-0.05, 0) is 31.2 Å². The molecule has 5 nitrogen and oxygen atoms in total. The molecule has 1 saturated carbocycles. The van der Waals surface area contributed by atoms with E-state index in [-0.39, 0.29) is 5.56 Å². The smallest absolute Gasteiger partial charge is 0.255 e. The maximum absolute atomic E-state index is 13.2. The van der Waals surface area contributed by atoms with Gasteiger partial charge >= 0.3 is 0 Å². The molecular formula is C22H33N3O2. The van der Waals surface area contributed by atoms with E-state index in [2.05, 4.69) is 26.5 Å². The number of piperidine rings is 1. The molecule has 0 spiro atoms. The lowest BCUT2D eigenvalue weighted by atomic mass is 9.81. The molecular weight excluding hydrogens is 338 g/mol. The van der Waals surface area contributed by atoms with Crippen molar-refractivity contribution >= 4 is 0 Å². The van der Waals surface area contributed by atoms with Crippen molar-refractivity contribution in [2.24, 2.45) is 5.92 Å². The minimum absolute atomic E-state index is 0.264. The predicted molar refractivity (Wildman–Crippen MR) is 106 cm³/mol. The summed E-state index contributed by atoms with van der Waals surface area (Å²) in [6.07, 6.45) is 8.25. The van der Waals surface area contributed by atoms with Gasteiger partial charge in [0.2, 0.25) is 0 Å². The second kappa shape index (κ2) is 7.69. The number of ether oxygens (including phenoxy) is 1. The van der Waals surface area contributed by atoms with Gasteiger partial charge in [0, 0.05) is 62.5 Å². The first-order chi connectivity index (χ1) is 13.3. The minimum atomic E-state index is 0.264. The highest BCUT2D eigenvalue weighted by atomic mass is 16.5. The first-order valence-corrected chi connectivity index (χ1v) is 11.0. The highest BCUT2D eigenvalue weighted by molar-refractivity contribution is 5.22. The molecule has 0 unspecified atom stereocenters. The van der Waals surface area contributed by atoms with Crippen molar-refractivity contribution in [3.8, 4) is 0 Å². The first kappa shape index (κ1) is 17.9. The second-order valence-corrected chi connectivity index (χ2v) is 9.13. The number of rotatable bonds is 3. The molecule has 0 radical (unpaired) electrons. The Hall–Kier alpha value is -1.17. The number of morpholine rings is 1. The molecule has 1 aliphatic carbocycles. The van der Waals surface area contributed by atoms with Gasteiger partial charge in [-0.3, -0.25) is 14.6 Å². The summed E-state index contributed by atoms with van der Waals surface area (Å²) in [4.78, 5) is 18.3. The summed E-state index contributed by atoms with van der Waals surface area (Å²) in [5.74, 6) is 1.19. The van der Waals surface area contributed by atoms with Crippen molar-refractivity contribution in [1.82, 2.24) is 14.4 Å². The van der Waals surface area contributed by atoms with Crippen LogP contribution in [0.4, 0.5) is 0 Å². The summed E-state index contributed by atoms with van der Waals surface area (Å²) < 4.78 is 7.57. The van der Waals surface area contributed by atoms with Crippen LogP contribution < -0.4 is 5.56 Å². The Morgan fingerprint density at radius 2 is 1.81 bits per heavy atom. The van der Waals surface area contributed by atoms with Crippen molar-refractivity contribution in [3.05, 3.63) is 33.7 Å². The van der Waals surface area contributed by atoms with Crippen LogP contribution in [-0.2, 0) is 17.8 Å².